The van der Waals surface area contributed by atoms with Crippen LogP contribution in [0.5, 0.6) is 0 Å². The van der Waals surface area contributed by atoms with Gasteiger partial charge >= 0.3 is 5.97 Å². The molecule has 0 radical (unpaired) electrons. The van der Waals surface area contributed by atoms with Gasteiger partial charge in [0.25, 0.3) is 0 Å². The van der Waals surface area contributed by atoms with Crippen molar-refractivity contribution in [3.8, 4) is 11.1 Å². The Kier molecular flexibility index (Phi) is 2.89. The molecule has 0 amide bonds. The van der Waals surface area contributed by atoms with Gasteiger partial charge in [-0.2, -0.15) is 0 Å². The summed E-state index contributed by atoms with van der Waals surface area (Å²) in [6.45, 7) is 7.01. The van der Waals surface area contributed by atoms with Crippen LogP contribution in [0.25, 0.3) is 11.1 Å². The van der Waals surface area contributed by atoms with Crippen LogP contribution in [0.4, 0.5) is 0 Å². The quantitative estimate of drug-likeness (QED) is 0.718. The second-order valence-electron chi connectivity index (χ2n) is 6.28. The minimum absolute atomic E-state index is 0.153. The summed E-state index contributed by atoms with van der Waals surface area (Å²) in [5.74, 6) is -0.215. The van der Waals surface area contributed by atoms with Gasteiger partial charge in [-0.15, -0.1) is 0 Å². The van der Waals surface area contributed by atoms with Crippen LogP contribution in [-0.2, 0) is 16.8 Å². The first-order valence-electron chi connectivity index (χ1n) is 6.86. The average Bonchev–Trinajstić information content (AvgIpc) is 2.79. The number of carbonyl (C=O) groups is 1. The van der Waals surface area contributed by atoms with Gasteiger partial charge in [-0.25, -0.2) is 4.79 Å². The van der Waals surface area contributed by atoms with E-state index < -0.39 is 0 Å². The normalized spacial score (nSPS) is 14.1. The van der Waals surface area contributed by atoms with Crippen LogP contribution >= 0.6 is 0 Å². The number of benzene rings is 2. The van der Waals surface area contributed by atoms with Crippen LogP contribution in [0.3, 0.4) is 0 Å². The molecule has 1 aliphatic heterocycles. The van der Waals surface area contributed by atoms with Gasteiger partial charge in [-0.3, -0.25) is 0 Å². The summed E-state index contributed by atoms with van der Waals surface area (Å²) in [6, 6.07) is 14.5. The van der Waals surface area contributed by atoms with E-state index in [1.807, 2.05) is 18.2 Å². The number of rotatable bonds is 1. The smallest absolute Gasteiger partial charge is 0.338 e. The Labute approximate surface area is 119 Å². The number of hydrogen-bond acceptors (Lipinski definition) is 2. The van der Waals surface area contributed by atoms with Crippen molar-refractivity contribution in [2.75, 3.05) is 0 Å². The van der Waals surface area contributed by atoms with Gasteiger partial charge in [0.1, 0.15) is 6.61 Å². The Morgan fingerprint density at radius 3 is 2.25 bits per heavy atom. The van der Waals surface area contributed by atoms with Crippen LogP contribution in [0.2, 0.25) is 0 Å². The predicted octanol–water partition coefficient (Wildman–Crippen LogP) is 4.32. The van der Waals surface area contributed by atoms with Crippen LogP contribution in [0.1, 0.15) is 42.3 Å². The molecule has 0 N–H and O–H groups in total. The van der Waals surface area contributed by atoms with Crippen molar-refractivity contribution in [3.05, 3.63) is 59.2 Å². The SMILES string of the molecule is CC(C)(C)c1ccc(-c2ccc3c(c2)C(=O)OC3)cc1. The molecule has 0 saturated heterocycles. The fourth-order valence-electron chi connectivity index (χ4n) is 2.46. The zero-order chi connectivity index (χ0) is 14.3. The van der Waals surface area contributed by atoms with E-state index in [9.17, 15) is 4.79 Å². The molecule has 0 aromatic heterocycles. The van der Waals surface area contributed by atoms with E-state index in [2.05, 4.69) is 45.0 Å². The lowest BCUT2D eigenvalue weighted by Crippen LogP contribution is -2.10. The number of ether oxygens (including phenoxy) is 1. The highest BCUT2D eigenvalue weighted by Crippen LogP contribution is 2.29. The monoisotopic (exact) mass is 266 g/mol. The van der Waals surface area contributed by atoms with Crippen molar-refractivity contribution in [2.24, 2.45) is 0 Å². The van der Waals surface area contributed by atoms with Crippen LogP contribution in [0, 0.1) is 0 Å². The summed E-state index contributed by atoms with van der Waals surface area (Å²) >= 11 is 0. The molecule has 0 fully saturated rings. The molecular weight excluding hydrogens is 248 g/mol. The van der Waals surface area contributed by atoms with Gasteiger partial charge in [0.2, 0.25) is 0 Å². The van der Waals surface area contributed by atoms with E-state index >= 15 is 0 Å². The first-order chi connectivity index (χ1) is 9.45. The lowest BCUT2D eigenvalue weighted by Gasteiger charge is -2.19. The Hall–Kier alpha value is -2.09. The zero-order valence-corrected chi connectivity index (χ0v) is 12.1. The maximum absolute atomic E-state index is 11.6. The van der Waals surface area contributed by atoms with E-state index in [-0.39, 0.29) is 11.4 Å². The minimum Gasteiger partial charge on any atom is -0.457 e. The molecule has 2 heteroatoms. The largest absolute Gasteiger partial charge is 0.457 e. The summed E-state index contributed by atoms with van der Waals surface area (Å²) in [5.41, 5.74) is 5.32. The fourth-order valence-corrected chi connectivity index (χ4v) is 2.46. The molecule has 0 bridgehead atoms. The molecule has 102 valence electrons. The van der Waals surface area contributed by atoms with E-state index in [1.54, 1.807) is 0 Å². The van der Waals surface area contributed by atoms with Crippen molar-refractivity contribution < 1.29 is 9.53 Å². The first kappa shape index (κ1) is 12.9. The van der Waals surface area contributed by atoms with Crippen molar-refractivity contribution in [3.63, 3.8) is 0 Å². The molecule has 0 atom stereocenters. The predicted molar refractivity (Wildman–Crippen MR) is 79.7 cm³/mol. The molecule has 0 saturated carbocycles. The van der Waals surface area contributed by atoms with E-state index in [0.29, 0.717) is 12.2 Å². The molecular formula is C18H18O2. The lowest BCUT2D eigenvalue weighted by molar-refractivity contribution is 0.0535. The highest BCUT2D eigenvalue weighted by molar-refractivity contribution is 5.94. The second kappa shape index (κ2) is 4.48. The van der Waals surface area contributed by atoms with Crippen molar-refractivity contribution in [1.29, 1.82) is 0 Å². The summed E-state index contributed by atoms with van der Waals surface area (Å²) < 4.78 is 5.04. The highest BCUT2D eigenvalue weighted by atomic mass is 16.5. The maximum Gasteiger partial charge on any atom is 0.338 e. The molecule has 2 aromatic carbocycles. The number of hydrogen-bond donors (Lipinski definition) is 0. The van der Waals surface area contributed by atoms with Gasteiger partial charge in [-0.1, -0.05) is 57.2 Å². The van der Waals surface area contributed by atoms with Gasteiger partial charge in [0, 0.05) is 5.56 Å². The topological polar surface area (TPSA) is 26.3 Å². The zero-order valence-electron chi connectivity index (χ0n) is 12.1. The molecule has 0 spiro atoms. The van der Waals surface area contributed by atoms with E-state index in [4.69, 9.17) is 4.74 Å². The van der Waals surface area contributed by atoms with Crippen LogP contribution in [0.15, 0.2) is 42.5 Å². The Morgan fingerprint density at radius 1 is 0.950 bits per heavy atom. The number of esters is 1. The third kappa shape index (κ3) is 2.22. The van der Waals surface area contributed by atoms with Crippen molar-refractivity contribution in [1.82, 2.24) is 0 Å². The minimum atomic E-state index is -0.215. The Morgan fingerprint density at radius 2 is 1.60 bits per heavy atom. The molecule has 1 aliphatic rings. The molecule has 0 aliphatic carbocycles. The summed E-state index contributed by atoms with van der Waals surface area (Å²) in [4.78, 5) is 11.6. The van der Waals surface area contributed by atoms with Gasteiger partial charge in [0.05, 0.1) is 5.56 Å². The van der Waals surface area contributed by atoms with Crippen molar-refractivity contribution >= 4 is 5.97 Å². The fraction of sp³-hybridized carbons (Fsp3) is 0.278. The highest BCUT2D eigenvalue weighted by Gasteiger charge is 2.21. The second-order valence-corrected chi connectivity index (χ2v) is 6.28. The Balaban J connectivity index is 1.98. The standard InChI is InChI=1S/C18H18O2/c1-18(2,3)15-8-6-12(7-9-15)13-4-5-14-11-20-17(19)16(14)10-13/h4-10H,11H2,1-3H3. The molecule has 3 rings (SSSR count). The number of carbonyl (C=O) groups excluding carboxylic acids is 1. The molecule has 20 heavy (non-hydrogen) atoms. The maximum atomic E-state index is 11.6. The van der Waals surface area contributed by atoms with E-state index in [0.717, 1.165) is 16.7 Å². The number of cyclic esters (lactones) is 1. The average molecular weight is 266 g/mol. The van der Waals surface area contributed by atoms with Crippen LogP contribution < -0.4 is 0 Å². The lowest BCUT2D eigenvalue weighted by atomic mass is 9.86. The van der Waals surface area contributed by atoms with Crippen LogP contribution in [-0.4, -0.2) is 5.97 Å². The molecule has 0 unspecified atom stereocenters. The summed E-state index contributed by atoms with van der Waals surface area (Å²) in [6.07, 6.45) is 0. The van der Waals surface area contributed by atoms with Gasteiger partial charge in [-0.05, 0) is 28.2 Å². The molecule has 2 nitrogen and oxygen atoms in total. The van der Waals surface area contributed by atoms with Crippen molar-refractivity contribution in [2.45, 2.75) is 32.8 Å². The third-order valence-corrected chi connectivity index (χ3v) is 3.77. The molecule has 1 heterocycles. The number of fused-ring (bicyclic) bond motifs is 1. The van der Waals surface area contributed by atoms with E-state index in [1.165, 1.54) is 5.56 Å². The molecule has 2 aromatic rings. The third-order valence-electron chi connectivity index (χ3n) is 3.77. The Bertz CT molecular complexity index is 661. The first-order valence-corrected chi connectivity index (χ1v) is 6.86. The summed E-state index contributed by atoms with van der Waals surface area (Å²) in [5, 5.41) is 0. The van der Waals surface area contributed by atoms with Gasteiger partial charge < -0.3 is 4.74 Å². The van der Waals surface area contributed by atoms with Gasteiger partial charge in [0.15, 0.2) is 0 Å². The summed E-state index contributed by atoms with van der Waals surface area (Å²) in [7, 11) is 0.